The highest BCUT2D eigenvalue weighted by atomic mass is 35.5. The van der Waals surface area contributed by atoms with Crippen LogP contribution >= 0.6 is 11.6 Å². The van der Waals surface area contributed by atoms with Crippen LogP contribution in [0, 0.1) is 20.8 Å². The minimum atomic E-state index is -6.15. The molecule has 3 aromatic rings. The van der Waals surface area contributed by atoms with Crippen molar-refractivity contribution in [1.29, 1.82) is 0 Å². The van der Waals surface area contributed by atoms with Gasteiger partial charge in [-0.1, -0.05) is 29.8 Å². The molecule has 0 aliphatic rings. The second-order valence-electron chi connectivity index (χ2n) is 7.38. The second-order valence-corrected chi connectivity index (χ2v) is 7.79. The molecule has 0 saturated heterocycles. The number of aryl methyl sites for hydroxylation is 3. The van der Waals surface area contributed by atoms with Gasteiger partial charge in [0.25, 0.3) is 0 Å². The molecule has 0 unspecified atom stereocenters. The average molecular weight is 464 g/mol. The number of hydrogen-bond donors (Lipinski definition) is 0. The summed E-state index contributed by atoms with van der Waals surface area (Å²) >= 11 is 6.03. The molecule has 0 aliphatic heterocycles. The van der Waals surface area contributed by atoms with Gasteiger partial charge in [-0.2, -0.15) is 26.3 Å². The van der Waals surface area contributed by atoms with Crippen molar-refractivity contribution in [1.82, 2.24) is 4.57 Å². The zero-order chi connectivity index (χ0) is 23.4. The van der Waals surface area contributed by atoms with E-state index in [0.717, 1.165) is 16.7 Å². The highest BCUT2D eigenvalue weighted by molar-refractivity contribution is 6.31. The van der Waals surface area contributed by atoms with E-state index in [2.05, 4.69) is 0 Å². The summed E-state index contributed by atoms with van der Waals surface area (Å²) in [5.74, 6) is 0. The van der Waals surface area contributed by atoms with Crippen molar-refractivity contribution >= 4 is 11.6 Å². The molecule has 166 valence electrons. The first kappa shape index (κ1) is 23.2. The monoisotopic (exact) mass is 463 g/mol. The highest BCUT2D eigenvalue weighted by Gasteiger charge is 2.73. The van der Waals surface area contributed by atoms with Gasteiger partial charge in [-0.3, -0.25) is 0 Å². The van der Waals surface area contributed by atoms with Crippen LogP contribution in [0.3, 0.4) is 0 Å². The van der Waals surface area contributed by atoms with Crippen LogP contribution in [0.15, 0.2) is 48.8 Å². The lowest BCUT2D eigenvalue weighted by Gasteiger charge is -2.31. The Kier molecular flexibility index (Phi) is 5.67. The largest absolute Gasteiger partial charge is 0.435 e. The summed E-state index contributed by atoms with van der Waals surface area (Å²) in [6.45, 7) is 4.51. The summed E-state index contributed by atoms with van der Waals surface area (Å²) in [6, 6.07) is 8.31. The van der Waals surface area contributed by atoms with Crippen LogP contribution in [-0.4, -0.2) is 16.9 Å². The van der Waals surface area contributed by atoms with E-state index in [1.165, 1.54) is 13.8 Å². The summed E-state index contributed by atoms with van der Waals surface area (Å²) in [6.07, 6.45) is -8.99. The van der Waals surface area contributed by atoms with Crippen LogP contribution in [0.4, 0.5) is 30.7 Å². The van der Waals surface area contributed by atoms with Gasteiger partial charge in [0, 0.05) is 23.0 Å². The molecule has 1 nitrogen and oxygen atoms in total. The van der Waals surface area contributed by atoms with Crippen molar-refractivity contribution in [3.05, 3.63) is 76.1 Å². The molecule has 9 heteroatoms. The summed E-state index contributed by atoms with van der Waals surface area (Å²) in [7, 11) is 0. The van der Waals surface area contributed by atoms with Crippen molar-refractivity contribution in [3.63, 3.8) is 0 Å². The van der Waals surface area contributed by atoms with E-state index < -0.39 is 23.6 Å². The Morgan fingerprint density at radius 1 is 0.710 bits per heavy atom. The fourth-order valence-electron chi connectivity index (χ4n) is 3.58. The first-order valence-electron chi connectivity index (χ1n) is 9.06. The van der Waals surface area contributed by atoms with Crippen LogP contribution in [-0.2, 0) is 5.67 Å². The van der Waals surface area contributed by atoms with Gasteiger partial charge in [0.2, 0.25) is 0 Å². The molecule has 0 radical (unpaired) electrons. The van der Waals surface area contributed by atoms with Gasteiger partial charge < -0.3 is 4.57 Å². The van der Waals surface area contributed by atoms with Crippen molar-refractivity contribution in [2.45, 2.75) is 38.8 Å². The molecule has 1 heterocycles. The second kappa shape index (κ2) is 7.58. The van der Waals surface area contributed by atoms with Crippen molar-refractivity contribution in [2.75, 3.05) is 0 Å². The SMILES string of the molecule is Cc1cc(-c2ccn(-c3c(C)cc(C(F)(C(F)(F)F)C(F)(F)F)cc3C)c2)ccc1Cl. The lowest BCUT2D eigenvalue weighted by atomic mass is 9.90. The predicted octanol–water partition coefficient (Wildman–Crippen LogP) is 8.01. The van der Waals surface area contributed by atoms with Gasteiger partial charge in [-0.05, 0) is 66.8 Å². The lowest BCUT2D eigenvalue weighted by Crippen LogP contribution is -2.50. The van der Waals surface area contributed by atoms with Crippen molar-refractivity contribution in [2.24, 2.45) is 0 Å². The van der Waals surface area contributed by atoms with Gasteiger partial charge in [0.05, 0.1) is 5.69 Å². The molecule has 1 aromatic heterocycles. The molecule has 2 aromatic carbocycles. The first-order valence-corrected chi connectivity index (χ1v) is 9.43. The molecule has 31 heavy (non-hydrogen) atoms. The maximum Gasteiger partial charge on any atom is 0.435 e. The molecule has 0 saturated carbocycles. The summed E-state index contributed by atoms with van der Waals surface area (Å²) in [4.78, 5) is 0. The first-order chi connectivity index (χ1) is 14.2. The molecular formula is C22H17ClF7N. The van der Waals surface area contributed by atoms with Crippen LogP contribution in [0.1, 0.15) is 22.3 Å². The standard InChI is InChI=1S/C22H17ClF7N/c1-12-8-15(4-5-18(12)23)16-6-7-31(11-16)19-13(2)9-17(10-14(19)3)20(24,21(25,26)27)22(28,29)30/h4-11H,1-3H3. The topological polar surface area (TPSA) is 4.93 Å². The van der Waals surface area contributed by atoms with E-state index in [0.29, 0.717) is 22.8 Å². The average Bonchev–Trinajstić information content (AvgIpc) is 3.10. The fraction of sp³-hybridized carbons (Fsp3) is 0.273. The van der Waals surface area contributed by atoms with Crippen LogP contribution in [0.25, 0.3) is 16.8 Å². The minimum Gasteiger partial charge on any atom is -0.323 e. The normalized spacial score (nSPS) is 13.0. The molecular weight excluding hydrogens is 447 g/mol. The number of rotatable bonds is 3. The smallest absolute Gasteiger partial charge is 0.323 e. The summed E-state index contributed by atoms with van der Waals surface area (Å²) in [5, 5.41) is 0.592. The van der Waals surface area contributed by atoms with Crippen LogP contribution < -0.4 is 0 Å². The zero-order valence-corrected chi connectivity index (χ0v) is 17.3. The van der Waals surface area contributed by atoms with Crippen LogP contribution in [0.2, 0.25) is 5.02 Å². The number of aromatic nitrogens is 1. The summed E-state index contributed by atoms with van der Waals surface area (Å²) < 4.78 is 94.7. The van der Waals surface area contributed by atoms with Gasteiger partial charge in [0.15, 0.2) is 0 Å². The number of nitrogens with zero attached hydrogens (tertiary/aromatic N) is 1. The van der Waals surface area contributed by atoms with Gasteiger partial charge in [0.1, 0.15) is 0 Å². The molecule has 0 aliphatic carbocycles. The van der Waals surface area contributed by atoms with E-state index in [4.69, 9.17) is 11.6 Å². The molecule has 3 rings (SSSR count). The molecule has 0 spiro atoms. The van der Waals surface area contributed by atoms with E-state index in [1.807, 2.05) is 13.0 Å². The summed E-state index contributed by atoms with van der Waals surface area (Å²) in [5.41, 5.74) is -3.99. The molecule has 0 fully saturated rings. The maximum atomic E-state index is 14.5. The van der Waals surface area contributed by atoms with Crippen molar-refractivity contribution < 1.29 is 30.7 Å². The van der Waals surface area contributed by atoms with Crippen molar-refractivity contribution in [3.8, 4) is 16.8 Å². The highest BCUT2D eigenvalue weighted by Crippen LogP contribution is 2.53. The third-order valence-corrected chi connectivity index (χ3v) is 5.54. The van der Waals surface area contributed by atoms with Gasteiger partial charge in [-0.25, -0.2) is 4.39 Å². The third kappa shape index (κ3) is 3.93. The number of benzene rings is 2. The quantitative estimate of drug-likeness (QED) is 0.347. The third-order valence-electron chi connectivity index (χ3n) is 5.11. The Morgan fingerprint density at radius 2 is 1.26 bits per heavy atom. The Bertz CT molecular complexity index is 1090. The Hall–Kier alpha value is -2.48. The zero-order valence-electron chi connectivity index (χ0n) is 16.6. The van der Waals surface area contributed by atoms with Gasteiger partial charge >= 0.3 is 18.0 Å². The van der Waals surface area contributed by atoms with Gasteiger partial charge in [-0.15, -0.1) is 0 Å². The number of hydrogen-bond acceptors (Lipinski definition) is 0. The lowest BCUT2D eigenvalue weighted by molar-refractivity contribution is -0.348. The number of halogens is 8. The molecule has 0 atom stereocenters. The molecule has 0 amide bonds. The molecule has 0 N–H and O–H groups in total. The fourth-order valence-corrected chi connectivity index (χ4v) is 3.70. The van der Waals surface area contributed by atoms with E-state index >= 15 is 0 Å². The minimum absolute atomic E-state index is 0.0694. The number of alkyl halides is 7. The Balaban J connectivity index is 2.10. The van der Waals surface area contributed by atoms with Crippen LogP contribution in [0.5, 0.6) is 0 Å². The maximum absolute atomic E-state index is 14.5. The van der Waals surface area contributed by atoms with E-state index in [-0.39, 0.29) is 11.1 Å². The van der Waals surface area contributed by atoms with E-state index in [9.17, 15) is 30.7 Å². The Labute approximate surface area is 179 Å². The van der Waals surface area contributed by atoms with E-state index in [1.54, 1.807) is 35.2 Å². The Morgan fingerprint density at radius 3 is 1.74 bits per heavy atom. The molecule has 0 bridgehead atoms. The predicted molar refractivity (Wildman–Crippen MR) is 105 cm³/mol.